The van der Waals surface area contributed by atoms with E-state index in [0.717, 1.165) is 85.6 Å². The van der Waals surface area contributed by atoms with Crippen molar-refractivity contribution < 1.29 is 38.0 Å². The molecule has 2 aromatic carbocycles. The van der Waals surface area contributed by atoms with Crippen molar-refractivity contribution in [3.05, 3.63) is 105 Å². The molecule has 20 heteroatoms. The average molecular weight is 1020 g/mol. The van der Waals surface area contributed by atoms with Gasteiger partial charge < -0.3 is 34.7 Å². The van der Waals surface area contributed by atoms with Crippen LogP contribution in [0.15, 0.2) is 65.7 Å². The molecule has 3 saturated heterocycles. The van der Waals surface area contributed by atoms with Crippen molar-refractivity contribution in [1.29, 1.82) is 0 Å². The zero-order chi connectivity index (χ0) is 55.1. The number of piperidine rings is 2. The summed E-state index contributed by atoms with van der Waals surface area (Å²) in [6.07, 6.45) is 6.36. The topological polar surface area (TPSA) is 228 Å². The third-order valence-electron chi connectivity index (χ3n) is 15.8. The molecule has 3 fully saturated rings. The number of rotatable bonds is 11. The van der Waals surface area contributed by atoms with Gasteiger partial charge in [0.15, 0.2) is 5.82 Å². The van der Waals surface area contributed by atoms with Crippen LogP contribution in [0.3, 0.4) is 0 Å². The van der Waals surface area contributed by atoms with Crippen LogP contribution in [0.25, 0.3) is 11.3 Å². The average Bonchev–Trinajstić information content (AvgIpc) is 4.23. The SMILES string of the molecule is [2H]C([2H])([2H])n1cc(-c2ccnc(N3CCn4c(cc5c4CC(C)(C)C5)C3=O)c2CO)nc(Nc2ccc(N3CCN(C4CCN(c5ccc6c(c5)C(=O)N([C@H]5CCC(=O)NC5=O)C6=O)CC4)C[C@@H]3C)c(NC(=O)CC)c2)c1=O. The van der Waals surface area contributed by atoms with E-state index < -0.39 is 48.8 Å². The van der Waals surface area contributed by atoms with Crippen LogP contribution in [0.4, 0.5) is 34.4 Å². The number of carbonyl (C=O) groups is 6. The largest absolute Gasteiger partial charge is 0.392 e. The number of nitrogens with one attached hydrogen (secondary N) is 3. The number of aromatic nitrogens is 4. The molecule has 0 unspecified atom stereocenters. The van der Waals surface area contributed by atoms with E-state index in [1.807, 2.05) is 18.2 Å². The van der Waals surface area contributed by atoms with Gasteiger partial charge in [0, 0.05) is 122 Å². The smallest absolute Gasteiger partial charge is 0.293 e. The zero-order valence-corrected chi connectivity index (χ0v) is 42.4. The molecule has 390 valence electrons. The number of fused-ring (bicyclic) bond motifs is 4. The Hall–Kier alpha value is -7.71. The molecule has 75 heavy (non-hydrogen) atoms. The first kappa shape index (κ1) is 45.9. The fourth-order valence-corrected chi connectivity index (χ4v) is 12.1. The van der Waals surface area contributed by atoms with Gasteiger partial charge in [-0.2, -0.15) is 0 Å². The molecule has 6 amide bonds. The van der Waals surface area contributed by atoms with Crippen LogP contribution in [0.1, 0.15) is 112 Å². The number of aryl methyl sites for hydroxylation is 1. The van der Waals surface area contributed by atoms with Gasteiger partial charge in [-0.3, -0.25) is 53.6 Å². The van der Waals surface area contributed by atoms with E-state index in [4.69, 9.17) is 4.11 Å². The molecule has 8 heterocycles. The summed E-state index contributed by atoms with van der Waals surface area (Å²) in [4.78, 5) is 111. The number of carbonyl (C=O) groups excluding carboxylic acids is 6. The number of piperazine rings is 1. The number of nitrogens with zero attached hydrogens (tertiary/aromatic N) is 9. The molecule has 6 aliphatic rings. The van der Waals surface area contributed by atoms with E-state index in [2.05, 4.69) is 66.0 Å². The van der Waals surface area contributed by atoms with E-state index in [-0.39, 0.29) is 88.2 Å². The number of imide groups is 2. The Morgan fingerprint density at radius 3 is 2.44 bits per heavy atom. The van der Waals surface area contributed by atoms with E-state index in [1.54, 1.807) is 37.3 Å². The maximum atomic E-state index is 14.1. The van der Waals surface area contributed by atoms with Gasteiger partial charge in [0.1, 0.15) is 17.6 Å². The van der Waals surface area contributed by atoms with Gasteiger partial charge >= 0.3 is 0 Å². The number of anilines is 6. The minimum atomic E-state index is -2.93. The lowest BCUT2D eigenvalue weighted by Gasteiger charge is -2.47. The van der Waals surface area contributed by atoms with Crippen LogP contribution in [-0.2, 0) is 47.4 Å². The first-order chi connectivity index (χ1) is 37.2. The van der Waals surface area contributed by atoms with Gasteiger partial charge in [-0.25, -0.2) is 9.97 Å². The molecule has 11 rings (SSSR count). The zero-order valence-electron chi connectivity index (χ0n) is 45.4. The highest BCUT2D eigenvalue weighted by Crippen LogP contribution is 2.41. The fraction of sp³-hybridized carbons (Fsp3) is 0.436. The maximum Gasteiger partial charge on any atom is 0.293 e. The Kier molecular flexibility index (Phi) is 11.7. The van der Waals surface area contributed by atoms with Gasteiger partial charge in [0.2, 0.25) is 17.7 Å². The van der Waals surface area contributed by atoms with Gasteiger partial charge in [-0.05, 0) is 98.5 Å². The summed E-state index contributed by atoms with van der Waals surface area (Å²) in [6, 6.07) is 13.3. The number of amides is 6. The minimum Gasteiger partial charge on any atom is -0.392 e. The van der Waals surface area contributed by atoms with Crippen molar-refractivity contribution in [3.63, 3.8) is 0 Å². The van der Waals surface area contributed by atoms with Crippen LogP contribution in [0, 0.1) is 5.41 Å². The molecular weight excluding hydrogens is 957 g/mol. The Labute approximate surface area is 437 Å². The van der Waals surface area contributed by atoms with Crippen molar-refractivity contribution >= 4 is 69.8 Å². The number of benzene rings is 2. The molecule has 20 nitrogen and oxygen atoms in total. The fourth-order valence-electron chi connectivity index (χ4n) is 12.1. The van der Waals surface area contributed by atoms with Crippen molar-refractivity contribution in [3.8, 4) is 11.3 Å². The Morgan fingerprint density at radius 1 is 0.893 bits per heavy atom. The third kappa shape index (κ3) is 8.92. The Morgan fingerprint density at radius 2 is 1.69 bits per heavy atom. The molecular formula is C55H62N12O8. The molecule has 5 aliphatic heterocycles. The summed E-state index contributed by atoms with van der Waals surface area (Å²) in [5.74, 6) is -2.76. The summed E-state index contributed by atoms with van der Waals surface area (Å²) >= 11 is 0. The van der Waals surface area contributed by atoms with E-state index in [1.165, 1.54) is 11.1 Å². The minimum absolute atomic E-state index is 0.00941. The van der Waals surface area contributed by atoms with E-state index in [0.29, 0.717) is 41.3 Å². The first-order valence-corrected chi connectivity index (χ1v) is 25.8. The molecule has 0 bridgehead atoms. The lowest BCUT2D eigenvalue weighted by Crippen LogP contribution is -2.57. The predicted octanol–water partition coefficient (Wildman–Crippen LogP) is 4.59. The predicted molar refractivity (Wildman–Crippen MR) is 281 cm³/mol. The van der Waals surface area contributed by atoms with Crippen molar-refractivity contribution in [2.45, 2.75) is 104 Å². The van der Waals surface area contributed by atoms with Crippen molar-refractivity contribution in [2.24, 2.45) is 12.4 Å². The van der Waals surface area contributed by atoms with Gasteiger partial charge in [0.05, 0.1) is 34.8 Å². The van der Waals surface area contributed by atoms with E-state index >= 15 is 0 Å². The van der Waals surface area contributed by atoms with Crippen LogP contribution in [0.2, 0.25) is 0 Å². The second-order valence-electron chi connectivity index (χ2n) is 21.3. The molecule has 5 aromatic rings. The lowest BCUT2D eigenvalue weighted by molar-refractivity contribution is -0.136. The van der Waals surface area contributed by atoms with Crippen LogP contribution < -0.4 is 36.2 Å². The summed E-state index contributed by atoms with van der Waals surface area (Å²) in [5.41, 5.74) is 5.50. The highest BCUT2D eigenvalue weighted by atomic mass is 16.3. The van der Waals surface area contributed by atoms with E-state index in [9.17, 15) is 38.7 Å². The van der Waals surface area contributed by atoms with Crippen molar-refractivity contribution in [1.82, 2.24) is 34.2 Å². The summed E-state index contributed by atoms with van der Waals surface area (Å²) in [7, 11) is 0. The van der Waals surface area contributed by atoms with Gasteiger partial charge in [-0.15, -0.1) is 0 Å². The quantitative estimate of drug-likeness (QED) is 0.133. The normalized spacial score (nSPS) is 21.6. The Bertz CT molecular complexity index is 3400. The molecule has 4 N–H and O–H groups in total. The summed E-state index contributed by atoms with van der Waals surface area (Å²) < 4.78 is 27.7. The standard InChI is InChI=1S/C55H62N12O8/c1-6-46(69)58-40-24-33(57-48-54(75)61(5)29-41(59-48)36-13-16-56-49(39(36)30-68)66-22-21-65-44(53(66)74)23-32-26-55(3,4)27-45(32)65)7-10-42(40)64-20-19-63(28-31(64)2)34-14-17-62(18-15-34)35-8-9-37-38(25-35)52(73)67(51(37)72)43-11-12-47(70)60-50(43)71/h7-10,13,16,23-25,29,31,34,43,68H,6,11-12,14-15,17-22,26-28,30H2,1-5H3,(H,57,59)(H,58,69)(H,60,70,71)/t31-,43-/m0/s1/i5D3. The summed E-state index contributed by atoms with van der Waals surface area (Å²) in [5, 5.41) is 19.2. The molecule has 1 aliphatic carbocycles. The summed E-state index contributed by atoms with van der Waals surface area (Å²) in [6.45, 7) is 9.16. The third-order valence-corrected chi connectivity index (χ3v) is 15.8. The number of aliphatic hydroxyl groups is 1. The lowest BCUT2D eigenvalue weighted by atomic mass is 9.90. The number of hydrogen-bond acceptors (Lipinski definition) is 14. The molecule has 2 atom stereocenters. The van der Waals surface area contributed by atoms with Gasteiger partial charge in [0.25, 0.3) is 23.3 Å². The molecule has 0 spiro atoms. The van der Waals surface area contributed by atoms with Crippen molar-refractivity contribution in [2.75, 3.05) is 64.6 Å². The highest BCUT2D eigenvalue weighted by Gasteiger charge is 2.45. The molecule has 0 radical (unpaired) electrons. The number of hydrogen-bond donors (Lipinski definition) is 4. The highest BCUT2D eigenvalue weighted by molar-refractivity contribution is 6.23. The van der Waals surface area contributed by atoms with Gasteiger partial charge in [-0.1, -0.05) is 20.8 Å². The monoisotopic (exact) mass is 1020 g/mol. The number of pyridine rings is 1. The molecule has 3 aromatic heterocycles. The number of aliphatic hydroxyl groups excluding tert-OH is 1. The van der Waals surface area contributed by atoms with Crippen LogP contribution in [0.5, 0.6) is 0 Å². The maximum absolute atomic E-state index is 14.1. The second kappa shape index (κ2) is 19.2. The first-order valence-electron chi connectivity index (χ1n) is 27.3. The van der Waals surface area contributed by atoms with Crippen LogP contribution in [-0.4, -0.2) is 127 Å². The van der Waals surface area contributed by atoms with Crippen LogP contribution >= 0.6 is 0 Å². The Balaban J connectivity index is 0.792. The molecule has 0 saturated carbocycles. The second-order valence-corrected chi connectivity index (χ2v) is 21.3.